The summed E-state index contributed by atoms with van der Waals surface area (Å²) in [7, 11) is 0. The first-order chi connectivity index (χ1) is 7.12. The average molecular weight is 211 g/mol. The summed E-state index contributed by atoms with van der Waals surface area (Å²) < 4.78 is 5.24. The van der Waals surface area contributed by atoms with E-state index in [1.807, 2.05) is 0 Å². The van der Waals surface area contributed by atoms with E-state index in [1.165, 1.54) is 25.7 Å². The van der Waals surface area contributed by atoms with Crippen LogP contribution in [-0.2, 0) is 9.53 Å². The first-order valence-electron chi connectivity index (χ1n) is 6.17. The van der Waals surface area contributed by atoms with Crippen LogP contribution in [0.15, 0.2) is 0 Å². The van der Waals surface area contributed by atoms with Crippen LogP contribution < -0.4 is 0 Å². The van der Waals surface area contributed by atoms with E-state index in [0.29, 0.717) is 5.92 Å². The normalized spacial score (nSPS) is 30.6. The Hall–Kier alpha value is -0.530. The van der Waals surface area contributed by atoms with Crippen LogP contribution in [0.3, 0.4) is 0 Å². The Morgan fingerprint density at radius 1 is 1.33 bits per heavy atom. The van der Waals surface area contributed by atoms with E-state index in [9.17, 15) is 4.79 Å². The zero-order valence-corrected chi connectivity index (χ0v) is 10.2. The predicted octanol–water partition coefficient (Wildman–Crippen LogP) is 3.46. The smallest absolute Gasteiger partial charge is 0.418 e. The van der Waals surface area contributed by atoms with Gasteiger partial charge in [-0.3, -0.25) is 0 Å². The van der Waals surface area contributed by atoms with E-state index in [4.69, 9.17) is 4.74 Å². The summed E-state index contributed by atoms with van der Waals surface area (Å²) in [6.07, 6.45) is 6.95. The van der Waals surface area contributed by atoms with Crippen LogP contribution in [0.5, 0.6) is 0 Å². The molecule has 0 aromatic carbocycles. The fourth-order valence-corrected chi connectivity index (χ4v) is 2.80. The van der Waals surface area contributed by atoms with Gasteiger partial charge < -0.3 is 4.74 Å². The van der Waals surface area contributed by atoms with E-state index in [0.717, 1.165) is 18.8 Å². The molecule has 1 saturated carbocycles. The van der Waals surface area contributed by atoms with Gasteiger partial charge in [-0.2, -0.15) is 0 Å². The topological polar surface area (TPSA) is 26.3 Å². The molecule has 0 aromatic rings. The third-order valence-corrected chi connectivity index (χ3v) is 3.90. The Labute approximate surface area is 93.4 Å². The lowest BCUT2D eigenvalue weighted by atomic mass is 9.73. The van der Waals surface area contributed by atoms with Crippen molar-refractivity contribution in [2.75, 3.05) is 0 Å². The van der Waals surface area contributed by atoms with Crippen LogP contribution in [0.2, 0.25) is 0 Å². The number of carbonyl (C=O) groups excluding carboxylic acids is 1. The van der Waals surface area contributed by atoms with Crippen molar-refractivity contribution in [2.45, 2.75) is 64.9 Å². The molecule has 15 heavy (non-hydrogen) atoms. The van der Waals surface area contributed by atoms with E-state index in [-0.39, 0.29) is 5.60 Å². The molecule has 1 aliphatic carbocycles. The van der Waals surface area contributed by atoms with Crippen molar-refractivity contribution in [3.05, 3.63) is 0 Å². The molecule has 87 valence electrons. The van der Waals surface area contributed by atoms with Crippen molar-refractivity contribution in [3.8, 4) is 0 Å². The van der Waals surface area contributed by atoms with E-state index >= 15 is 0 Å². The highest BCUT2D eigenvalue weighted by molar-refractivity contribution is 5.39. The second kappa shape index (κ2) is 5.53. The molecule has 0 aromatic heterocycles. The molecule has 0 spiro atoms. The highest BCUT2D eigenvalue weighted by atomic mass is 16.5. The first-order valence-corrected chi connectivity index (χ1v) is 6.17. The van der Waals surface area contributed by atoms with Crippen molar-refractivity contribution < 1.29 is 9.53 Å². The van der Waals surface area contributed by atoms with Gasteiger partial charge in [0.05, 0.1) is 0 Å². The highest BCUT2D eigenvalue weighted by Crippen LogP contribution is 2.39. The van der Waals surface area contributed by atoms with Gasteiger partial charge in [0.15, 0.2) is 0 Å². The number of hydrogen-bond acceptors (Lipinski definition) is 2. The zero-order valence-electron chi connectivity index (χ0n) is 10.2. The molecular weight excluding hydrogens is 188 g/mol. The fraction of sp³-hybridized carbons (Fsp3) is 0.923. The van der Waals surface area contributed by atoms with Gasteiger partial charge in [0.25, 0.3) is 0 Å². The summed E-state index contributed by atoms with van der Waals surface area (Å²) in [4.78, 5) is 10.5. The summed E-state index contributed by atoms with van der Waals surface area (Å²) in [6, 6.07) is 0. The van der Waals surface area contributed by atoms with Gasteiger partial charge in [-0.15, -0.1) is 0 Å². The Morgan fingerprint density at radius 3 is 2.40 bits per heavy atom. The largest absolute Gasteiger partial charge is 0.451 e. The summed E-state index contributed by atoms with van der Waals surface area (Å²) in [6.45, 7) is 8.17. The molecule has 1 atom stereocenters. The molecule has 2 heteroatoms. The molecule has 1 unspecified atom stereocenters. The third kappa shape index (κ3) is 3.22. The standard InChI is InChI=1S/C13H23O2/c1-4-9-13(3,15-10-14)12-7-5-11(2)6-8-12/h11-12H,4-9H2,1-3H3. The van der Waals surface area contributed by atoms with E-state index < -0.39 is 0 Å². The minimum absolute atomic E-state index is 0.267. The molecular formula is C13H23O2. The van der Waals surface area contributed by atoms with Crippen LogP contribution in [0.25, 0.3) is 0 Å². The van der Waals surface area contributed by atoms with Crippen LogP contribution in [-0.4, -0.2) is 12.1 Å². The van der Waals surface area contributed by atoms with Crippen molar-refractivity contribution in [2.24, 2.45) is 11.8 Å². The van der Waals surface area contributed by atoms with E-state index in [2.05, 4.69) is 20.8 Å². The van der Waals surface area contributed by atoms with Gasteiger partial charge in [0, 0.05) is 0 Å². The van der Waals surface area contributed by atoms with Gasteiger partial charge >= 0.3 is 6.47 Å². The van der Waals surface area contributed by atoms with Crippen LogP contribution in [0.1, 0.15) is 59.3 Å². The van der Waals surface area contributed by atoms with Gasteiger partial charge in [-0.1, -0.05) is 33.1 Å². The summed E-state index contributed by atoms with van der Waals surface area (Å²) in [5.41, 5.74) is -0.267. The minimum atomic E-state index is -0.267. The monoisotopic (exact) mass is 211 g/mol. The Kier molecular flexibility index (Phi) is 4.62. The summed E-state index contributed by atoms with van der Waals surface area (Å²) in [5.74, 6) is 1.38. The number of hydrogen-bond donors (Lipinski definition) is 0. The third-order valence-electron chi connectivity index (χ3n) is 3.90. The Balaban J connectivity index is 2.58. The molecule has 0 saturated heterocycles. The molecule has 0 aliphatic heterocycles. The maximum atomic E-state index is 10.5. The van der Waals surface area contributed by atoms with Gasteiger partial charge in [0.2, 0.25) is 0 Å². The zero-order chi connectivity index (χ0) is 11.3. The predicted molar refractivity (Wildman–Crippen MR) is 61.2 cm³/mol. The van der Waals surface area contributed by atoms with Crippen LogP contribution >= 0.6 is 0 Å². The molecule has 0 bridgehead atoms. The van der Waals surface area contributed by atoms with Crippen molar-refractivity contribution in [1.82, 2.24) is 0 Å². The number of ether oxygens (including phenoxy) is 1. The minimum Gasteiger partial charge on any atom is -0.451 e. The van der Waals surface area contributed by atoms with E-state index in [1.54, 1.807) is 6.47 Å². The Morgan fingerprint density at radius 2 is 1.93 bits per heavy atom. The van der Waals surface area contributed by atoms with Crippen molar-refractivity contribution >= 4 is 6.47 Å². The molecule has 0 amide bonds. The van der Waals surface area contributed by atoms with Crippen molar-refractivity contribution in [3.63, 3.8) is 0 Å². The second-order valence-electron chi connectivity index (χ2n) is 5.20. The lowest BCUT2D eigenvalue weighted by Crippen LogP contribution is -2.39. The second-order valence-corrected chi connectivity index (χ2v) is 5.20. The summed E-state index contributed by atoms with van der Waals surface area (Å²) >= 11 is 0. The quantitative estimate of drug-likeness (QED) is 0.696. The lowest BCUT2D eigenvalue weighted by Gasteiger charge is -2.39. The SMILES string of the molecule is CCCC(C)(O[C]=O)C1CCC(C)CC1. The maximum absolute atomic E-state index is 10.5. The van der Waals surface area contributed by atoms with Gasteiger partial charge in [0.1, 0.15) is 5.60 Å². The highest BCUT2D eigenvalue weighted by Gasteiger charge is 2.37. The maximum Gasteiger partial charge on any atom is 0.418 e. The molecule has 2 nitrogen and oxygen atoms in total. The van der Waals surface area contributed by atoms with Crippen molar-refractivity contribution in [1.29, 1.82) is 0 Å². The molecule has 1 radical (unpaired) electrons. The summed E-state index contributed by atoms with van der Waals surface area (Å²) in [5, 5.41) is 0. The molecule has 1 aliphatic rings. The van der Waals surface area contributed by atoms with Crippen LogP contribution in [0, 0.1) is 11.8 Å². The van der Waals surface area contributed by atoms with Gasteiger partial charge in [-0.05, 0) is 38.0 Å². The number of rotatable bonds is 5. The average Bonchev–Trinajstić information content (AvgIpc) is 2.19. The van der Waals surface area contributed by atoms with Crippen LogP contribution in [0.4, 0.5) is 0 Å². The molecule has 0 heterocycles. The lowest BCUT2D eigenvalue weighted by molar-refractivity contribution is -0.0179. The van der Waals surface area contributed by atoms with Gasteiger partial charge in [-0.25, -0.2) is 4.79 Å². The molecule has 1 fully saturated rings. The first kappa shape index (κ1) is 12.5. The molecule has 0 N–H and O–H groups in total. The Bertz CT molecular complexity index is 195. The fourth-order valence-electron chi connectivity index (χ4n) is 2.80. The molecule has 1 rings (SSSR count).